The van der Waals surface area contributed by atoms with Gasteiger partial charge in [-0.05, 0) is 24.6 Å². The standard InChI is InChI=1S/C14H13F4NO/c1-3-9-4-5-10-11(19-9)6-8(12(10)20)7-14(17,18)13(2,15)16/h4-5,7H,3,6H2,1-2H3/b8-7+. The molecule has 0 unspecified atom stereocenters. The number of carbonyl (C=O) groups excluding carboxylic acids is 1. The van der Waals surface area contributed by atoms with E-state index in [9.17, 15) is 22.4 Å². The van der Waals surface area contributed by atoms with E-state index in [-0.39, 0.29) is 30.6 Å². The van der Waals surface area contributed by atoms with Crippen molar-refractivity contribution in [2.45, 2.75) is 38.5 Å². The van der Waals surface area contributed by atoms with Crippen LogP contribution >= 0.6 is 0 Å². The number of aromatic nitrogens is 1. The maximum absolute atomic E-state index is 13.3. The van der Waals surface area contributed by atoms with Crippen molar-refractivity contribution in [3.63, 3.8) is 0 Å². The molecular formula is C14H13F4NO. The van der Waals surface area contributed by atoms with Crippen LogP contribution in [0.15, 0.2) is 23.8 Å². The fourth-order valence-corrected chi connectivity index (χ4v) is 1.98. The van der Waals surface area contributed by atoms with E-state index in [0.29, 0.717) is 12.1 Å². The second-order valence-electron chi connectivity index (χ2n) is 4.84. The second kappa shape index (κ2) is 4.68. The molecule has 2 rings (SSSR count). The highest BCUT2D eigenvalue weighted by Gasteiger charge is 2.51. The molecule has 0 saturated carbocycles. The first kappa shape index (κ1) is 14.7. The van der Waals surface area contributed by atoms with Crippen LogP contribution in [0.3, 0.4) is 0 Å². The van der Waals surface area contributed by atoms with Crippen molar-refractivity contribution in [1.29, 1.82) is 0 Å². The van der Waals surface area contributed by atoms with Gasteiger partial charge >= 0.3 is 11.8 Å². The lowest BCUT2D eigenvalue weighted by Gasteiger charge is -2.20. The minimum absolute atomic E-state index is 0.0721. The number of nitrogens with zero attached hydrogens (tertiary/aromatic N) is 1. The van der Waals surface area contributed by atoms with Gasteiger partial charge in [-0.25, -0.2) is 0 Å². The van der Waals surface area contributed by atoms with Crippen LogP contribution in [-0.2, 0) is 12.8 Å². The van der Waals surface area contributed by atoms with Gasteiger partial charge in [-0.3, -0.25) is 9.78 Å². The summed E-state index contributed by atoms with van der Waals surface area (Å²) in [7, 11) is 0. The molecular weight excluding hydrogens is 274 g/mol. The number of ketones is 1. The predicted molar refractivity (Wildman–Crippen MR) is 65.3 cm³/mol. The SMILES string of the molecule is CCc1ccc2c(n1)C/C(=C\C(F)(F)C(C)(F)F)C2=O. The number of allylic oxidation sites excluding steroid dienone is 2. The van der Waals surface area contributed by atoms with E-state index in [4.69, 9.17) is 0 Å². The third-order valence-electron chi connectivity index (χ3n) is 3.23. The zero-order valence-electron chi connectivity index (χ0n) is 11.0. The highest BCUT2D eigenvalue weighted by molar-refractivity contribution is 6.12. The quantitative estimate of drug-likeness (QED) is 0.628. The smallest absolute Gasteiger partial charge is 0.289 e. The lowest BCUT2D eigenvalue weighted by molar-refractivity contribution is -0.166. The Balaban J connectivity index is 2.38. The molecule has 20 heavy (non-hydrogen) atoms. The van der Waals surface area contributed by atoms with Gasteiger partial charge in [0.15, 0.2) is 5.78 Å². The monoisotopic (exact) mass is 287 g/mol. The number of hydrogen-bond donors (Lipinski definition) is 0. The van der Waals surface area contributed by atoms with Crippen molar-refractivity contribution in [3.05, 3.63) is 40.7 Å². The van der Waals surface area contributed by atoms with Crippen LogP contribution in [0, 0.1) is 0 Å². The molecule has 1 aliphatic rings. The Morgan fingerprint density at radius 1 is 1.30 bits per heavy atom. The van der Waals surface area contributed by atoms with Crippen molar-refractivity contribution in [2.24, 2.45) is 0 Å². The van der Waals surface area contributed by atoms with Crippen LogP contribution in [-0.4, -0.2) is 22.6 Å². The molecule has 2 nitrogen and oxygen atoms in total. The Morgan fingerprint density at radius 2 is 1.95 bits per heavy atom. The Morgan fingerprint density at radius 3 is 2.50 bits per heavy atom. The van der Waals surface area contributed by atoms with Crippen LogP contribution in [0.1, 0.15) is 35.6 Å². The number of rotatable bonds is 3. The van der Waals surface area contributed by atoms with E-state index < -0.39 is 17.6 Å². The number of aryl methyl sites for hydroxylation is 1. The largest absolute Gasteiger partial charge is 0.329 e. The maximum Gasteiger partial charge on any atom is 0.329 e. The molecule has 108 valence electrons. The molecule has 0 aliphatic heterocycles. The van der Waals surface area contributed by atoms with Crippen LogP contribution in [0.5, 0.6) is 0 Å². The molecule has 1 aromatic rings. The van der Waals surface area contributed by atoms with Gasteiger partial charge in [0.2, 0.25) is 0 Å². The summed E-state index contributed by atoms with van der Waals surface area (Å²) in [4.78, 5) is 16.1. The van der Waals surface area contributed by atoms with E-state index in [1.165, 1.54) is 6.07 Å². The van der Waals surface area contributed by atoms with E-state index in [2.05, 4.69) is 4.98 Å². The number of Topliss-reactive ketones (excluding diaryl/α,β-unsaturated/α-hetero) is 1. The average Bonchev–Trinajstić information content (AvgIpc) is 2.63. The number of hydrogen-bond acceptors (Lipinski definition) is 2. The zero-order valence-corrected chi connectivity index (χ0v) is 11.0. The minimum Gasteiger partial charge on any atom is -0.289 e. The Labute approximate surface area is 113 Å². The Kier molecular flexibility index (Phi) is 3.44. The van der Waals surface area contributed by atoms with Gasteiger partial charge in [0.1, 0.15) is 0 Å². The van der Waals surface area contributed by atoms with Crippen LogP contribution < -0.4 is 0 Å². The van der Waals surface area contributed by atoms with E-state index >= 15 is 0 Å². The Bertz CT molecular complexity index is 587. The van der Waals surface area contributed by atoms with Gasteiger partial charge in [-0.2, -0.15) is 17.6 Å². The number of carbonyl (C=O) groups is 1. The fraction of sp³-hybridized carbons (Fsp3) is 0.429. The zero-order chi connectivity index (χ0) is 15.1. The summed E-state index contributed by atoms with van der Waals surface area (Å²) < 4.78 is 52.3. The maximum atomic E-state index is 13.3. The van der Waals surface area contributed by atoms with Crippen molar-refractivity contribution in [3.8, 4) is 0 Å². The average molecular weight is 287 g/mol. The number of fused-ring (bicyclic) bond motifs is 1. The van der Waals surface area contributed by atoms with Gasteiger partial charge < -0.3 is 0 Å². The summed E-state index contributed by atoms with van der Waals surface area (Å²) >= 11 is 0. The van der Waals surface area contributed by atoms with Gasteiger partial charge in [-0.1, -0.05) is 6.92 Å². The number of alkyl halides is 4. The molecule has 1 aliphatic carbocycles. The number of halogens is 4. The summed E-state index contributed by atoms with van der Waals surface area (Å²) in [6.07, 6.45) is 0.583. The second-order valence-corrected chi connectivity index (χ2v) is 4.84. The molecule has 0 spiro atoms. The van der Waals surface area contributed by atoms with Crippen LogP contribution in [0.25, 0.3) is 0 Å². The molecule has 6 heteroatoms. The highest BCUT2D eigenvalue weighted by atomic mass is 19.3. The molecule has 0 aromatic carbocycles. The molecule has 0 bridgehead atoms. The molecule has 1 heterocycles. The predicted octanol–water partition coefficient (Wildman–Crippen LogP) is 3.60. The lowest BCUT2D eigenvalue weighted by Crippen LogP contribution is -2.36. The molecule has 0 N–H and O–H groups in total. The van der Waals surface area contributed by atoms with Crippen molar-refractivity contribution in [1.82, 2.24) is 4.98 Å². The first-order valence-electron chi connectivity index (χ1n) is 6.16. The normalized spacial score (nSPS) is 17.7. The summed E-state index contributed by atoms with van der Waals surface area (Å²) in [5, 5.41) is 0. The van der Waals surface area contributed by atoms with Crippen molar-refractivity contribution >= 4 is 5.78 Å². The van der Waals surface area contributed by atoms with E-state index in [1.807, 2.05) is 6.92 Å². The van der Waals surface area contributed by atoms with Gasteiger partial charge in [-0.15, -0.1) is 0 Å². The van der Waals surface area contributed by atoms with Crippen molar-refractivity contribution < 1.29 is 22.4 Å². The minimum atomic E-state index is -4.35. The van der Waals surface area contributed by atoms with E-state index in [1.54, 1.807) is 6.07 Å². The van der Waals surface area contributed by atoms with Crippen LogP contribution in [0.4, 0.5) is 17.6 Å². The highest BCUT2D eigenvalue weighted by Crippen LogP contribution is 2.37. The Hall–Kier alpha value is -1.72. The molecule has 0 atom stereocenters. The van der Waals surface area contributed by atoms with Crippen LogP contribution in [0.2, 0.25) is 0 Å². The molecule has 1 aromatic heterocycles. The fourth-order valence-electron chi connectivity index (χ4n) is 1.98. The first-order chi connectivity index (χ1) is 9.15. The molecule has 0 amide bonds. The lowest BCUT2D eigenvalue weighted by atomic mass is 10.1. The molecule has 0 fully saturated rings. The molecule has 0 radical (unpaired) electrons. The summed E-state index contributed by atoms with van der Waals surface area (Å²) in [6.45, 7) is 2.00. The number of pyridine rings is 1. The third-order valence-corrected chi connectivity index (χ3v) is 3.23. The summed E-state index contributed by atoms with van der Waals surface area (Å²) in [6, 6.07) is 3.14. The van der Waals surface area contributed by atoms with Gasteiger partial charge in [0, 0.05) is 30.2 Å². The van der Waals surface area contributed by atoms with Crippen molar-refractivity contribution in [2.75, 3.05) is 0 Å². The van der Waals surface area contributed by atoms with E-state index in [0.717, 1.165) is 5.69 Å². The summed E-state index contributed by atoms with van der Waals surface area (Å²) in [5.74, 6) is -9.22. The molecule has 0 saturated heterocycles. The summed E-state index contributed by atoms with van der Waals surface area (Å²) in [5.41, 5.74) is 0.983. The third kappa shape index (κ3) is 2.46. The van der Waals surface area contributed by atoms with Gasteiger partial charge in [0.05, 0.1) is 5.69 Å². The van der Waals surface area contributed by atoms with Gasteiger partial charge in [0.25, 0.3) is 0 Å². The first-order valence-corrected chi connectivity index (χ1v) is 6.16. The topological polar surface area (TPSA) is 30.0 Å².